The van der Waals surface area contributed by atoms with Crippen molar-refractivity contribution in [3.63, 3.8) is 0 Å². The Labute approximate surface area is 90.7 Å². The molecule has 7 heteroatoms. The highest BCUT2D eigenvalue weighted by Gasteiger charge is 2.09. The third-order valence-corrected chi connectivity index (χ3v) is 1.98. The van der Waals surface area contributed by atoms with Gasteiger partial charge in [-0.1, -0.05) is 12.1 Å². The van der Waals surface area contributed by atoms with E-state index in [-0.39, 0.29) is 5.69 Å². The average Bonchev–Trinajstić information content (AvgIpc) is 2.87. The number of carboxylic acids is 1. The van der Waals surface area contributed by atoms with Gasteiger partial charge in [-0.15, -0.1) is 0 Å². The van der Waals surface area contributed by atoms with Crippen LogP contribution in [0.25, 0.3) is 0 Å². The Bertz CT molecular complexity index is 502. The molecule has 16 heavy (non-hydrogen) atoms. The second-order valence-electron chi connectivity index (χ2n) is 3.16. The molecule has 0 aromatic carbocycles. The number of aromatic nitrogens is 4. The van der Waals surface area contributed by atoms with E-state index >= 15 is 0 Å². The fourth-order valence-electron chi connectivity index (χ4n) is 1.21. The Morgan fingerprint density at radius 1 is 1.62 bits per heavy atom. The van der Waals surface area contributed by atoms with Crippen LogP contribution in [-0.2, 0) is 13.0 Å². The van der Waals surface area contributed by atoms with Crippen LogP contribution in [0.5, 0.6) is 0 Å². The lowest BCUT2D eigenvalue weighted by molar-refractivity contribution is 0.0689. The van der Waals surface area contributed by atoms with Crippen LogP contribution in [0, 0.1) is 0 Å². The third kappa shape index (κ3) is 2.08. The quantitative estimate of drug-likeness (QED) is 0.812. The summed E-state index contributed by atoms with van der Waals surface area (Å²) >= 11 is 0. The number of hydrogen-bond donors (Lipinski definition) is 1. The van der Waals surface area contributed by atoms with Gasteiger partial charge in [0.2, 0.25) is 5.89 Å². The Morgan fingerprint density at radius 3 is 3.00 bits per heavy atom. The molecule has 0 saturated carbocycles. The van der Waals surface area contributed by atoms with E-state index in [1.165, 1.54) is 10.7 Å². The van der Waals surface area contributed by atoms with E-state index in [1.54, 1.807) is 6.20 Å². The zero-order valence-electron chi connectivity index (χ0n) is 8.62. The lowest BCUT2D eigenvalue weighted by Gasteiger charge is -1.93. The second kappa shape index (κ2) is 4.13. The van der Waals surface area contributed by atoms with Gasteiger partial charge in [0, 0.05) is 12.6 Å². The van der Waals surface area contributed by atoms with Crippen molar-refractivity contribution in [3.8, 4) is 0 Å². The molecule has 0 amide bonds. The van der Waals surface area contributed by atoms with Crippen molar-refractivity contribution in [2.75, 3.05) is 0 Å². The summed E-state index contributed by atoms with van der Waals surface area (Å²) in [5, 5.41) is 16.3. The number of nitrogens with zero attached hydrogens (tertiary/aromatic N) is 4. The summed E-state index contributed by atoms with van der Waals surface area (Å²) in [5.41, 5.74) is -0.000732. The molecule has 84 valence electrons. The first-order valence-corrected chi connectivity index (χ1v) is 4.77. The van der Waals surface area contributed by atoms with E-state index in [0.29, 0.717) is 24.7 Å². The first-order chi connectivity index (χ1) is 7.69. The first kappa shape index (κ1) is 10.3. The zero-order chi connectivity index (χ0) is 11.5. The van der Waals surface area contributed by atoms with E-state index in [1.807, 2.05) is 6.92 Å². The molecule has 2 aromatic rings. The monoisotopic (exact) mass is 222 g/mol. The van der Waals surface area contributed by atoms with Crippen LogP contribution in [0.1, 0.15) is 29.1 Å². The first-order valence-electron chi connectivity index (χ1n) is 4.77. The molecular formula is C9H10N4O3. The summed E-state index contributed by atoms with van der Waals surface area (Å²) in [7, 11) is 0. The van der Waals surface area contributed by atoms with E-state index < -0.39 is 5.97 Å². The Kier molecular flexibility index (Phi) is 2.67. The molecule has 2 rings (SSSR count). The minimum absolute atomic E-state index is 0.000732. The van der Waals surface area contributed by atoms with Gasteiger partial charge in [-0.2, -0.15) is 10.1 Å². The van der Waals surface area contributed by atoms with Gasteiger partial charge in [-0.25, -0.2) is 4.79 Å². The number of carboxylic acid groups (broad SMARTS) is 1. The average molecular weight is 222 g/mol. The SMILES string of the molecule is CCc1nc(Cn2ccc(C(=O)O)n2)no1. The zero-order valence-corrected chi connectivity index (χ0v) is 8.62. The summed E-state index contributed by atoms with van der Waals surface area (Å²) in [6, 6.07) is 1.42. The molecule has 7 nitrogen and oxygen atoms in total. The largest absolute Gasteiger partial charge is 0.476 e. The molecule has 0 radical (unpaired) electrons. The Morgan fingerprint density at radius 2 is 2.44 bits per heavy atom. The normalized spacial score (nSPS) is 10.6. The van der Waals surface area contributed by atoms with Crippen molar-refractivity contribution in [1.82, 2.24) is 19.9 Å². The van der Waals surface area contributed by atoms with Crippen LogP contribution in [0.4, 0.5) is 0 Å². The minimum Gasteiger partial charge on any atom is -0.476 e. The number of rotatable bonds is 4. The van der Waals surface area contributed by atoms with Gasteiger partial charge in [0.25, 0.3) is 0 Å². The van der Waals surface area contributed by atoms with Crippen molar-refractivity contribution in [2.45, 2.75) is 19.9 Å². The maximum absolute atomic E-state index is 10.6. The molecule has 0 aliphatic rings. The summed E-state index contributed by atoms with van der Waals surface area (Å²) < 4.78 is 6.37. The lowest BCUT2D eigenvalue weighted by Crippen LogP contribution is -2.05. The standard InChI is InChI=1S/C9H10N4O3/c1-2-8-10-7(12-16-8)5-13-4-3-6(11-13)9(14)15/h3-4H,2,5H2,1H3,(H,14,15). The molecule has 1 N–H and O–H groups in total. The lowest BCUT2D eigenvalue weighted by atomic mass is 10.4. The van der Waals surface area contributed by atoms with Gasteiger partial charge in [0.15, 0.2) is 11.5 Å². The van der Waals surface area contributed by atoms with E-state index in [4.69, 9.17) is 9.63 Å². The molecule has 0 bridgehead atoms. The van der Waals surface area contributed by atoms with Crippen molar-refractivity contribution in [1.29, 1.82) is 0 Å². The number of hydrogen-bond acceptors (Lipinski definition) is 5. The molecule has 0 fully saturated rings. The fourth-order valence-corrected chi connectivity index (χ4v) is 1.21. The maximum Gasteiger partial charge on any atom is 0.356 e. The highest BCUT2D eigenvalue weighted by Crippen LogP contribution is 2.01. The molecule has 2 aromatic heterocycles. The van der Waals surface area contributed by atoms with Crippen LogP contribution in [0.15, 0.2) is 16.8 Å². The number of aryl methyl sites for hydroxylation is 1. The molecule has 0 atom stereocenters. The van der Waals surface area contributed by atoms with Crippen molar-refractivity contribution in [2.24, 2.45) is 0 Å². The summed E-state index contributed by atoms with van der Waals surface area (Å²) in [6.07, 6.45) is 2.23. The summed E-state index contributed by atoms with van der Waals surface area (Å²) in [4.78, 5) is 14.7. The van der Waals surface area contributed by atoms with Crippen LogP contribution in [0.3, 0.4) is 0 Å². The van der Waals surface area contributed by atoms with Crippen LogP contribution < -0.4 is 0 Å². The van der Waals surface area contributed by atoms with Gasteiger partial charge in [-0.3, -0.25) is 4.68 Å². The molecule has 0 spiro atoms. The minimum atomic E-state index is -1.05. The molecular weight excluding hydrogens is 212 g/mol. The summed E-state index contributed by atoms with van der Waals surface area (Å²) in [6.45, 7) is 2.21. The molecule has 0 saturated heterocycles. The predicted octanol–water partition coefficient (Wildman–Crippen LogP) is 0.575. The van der Waals surface area contributed by atoms with Crippen molar-refractivity contribution in [3.05, 3.63) is 29.7 Å². The molecule has 0 unspecified atom stereocenters. The number of carbonyl (C=O) groups is 1. The topological polar surface area (TPSA) is 94.0 Å². The highest BCUT2D eigenvalue weighted by atomic mass is 16.5. The number of aromatic carboxylic acids is 1. The van der Waals surface area contributed by atoms with Gasteiger partial charge >= 0.3 is 5.97 Å². The van der Waals surface area contributed by atoms with E-state index in [9.17, 15) is 4.79 Å². The van der Waals surface area contributed by atoms with Gasteiger partial charge in [0.1, 0.15) is 6.54 Å². The summed E-state index contributed by atoms with van der Waals surface area (Å²) in [5.74, 6) is -0.0152. The smallest absolute Gasteiger partial charge is 0.356 e. The van der Waals surface area contributed by atoms with Crippen LogP contribution >= 0.6 is 0 Å². The predicted molar refractivity (Wildman–Crippen MR) is 52.0 cm³/mol. The van der Waals surface area contributed by atoms with Crippen LogP contribution in [-0.4, -0.2) is 31.0 Å². The highest BCUT2D eigenvalue weighted by molar-refractivity contribution is 5.84. The molecule has 0 aliphatic heterocycles. The molecule has 0 aliphatic carbocycles. The third-order valence-electron chi connectivity index (χ3n) is 1.98. The van der Waals surface area contributed by atoms with Gasteiger partial charge < -0.3 is 9.63 Å². The van der Waals surface area contributed by atoms with E-state index in [0.717, 1.165) is 0 Å². The maximum atomic E-state index is 10.6. The van der Waals surface area contributed by atoms with Gasteiger partial charge in [0.05, 0.1) is 0 Å². The van der Waals surface area contributed by atoms with E-state index in [2.05, 4.69) is 15.2 Å². The Balaban J connectivity index is 2.11. The Hall–Kier alpha value is -2.18. The van der Waals surface area contributed by atoms with Crippen LogP contribution in [0.2, 0.25) is 0 Å². The van der Waals surface area contributed by atoms with Crippen molar-refractivity contribution >= 4 is 5.97 Å². The van der Waals surface area contributed by atoms with Gasteiger partial charge in [-0.05, 0) is 6.07 Å². The van der Waals surface area contributed by atoms with Crippen molar-refractivity contribution < 1.29 is 14.4 Å². The molecule has 2 heterocycles. The fraction of sp³-hybridized carbons (Fsp3) is 0.333. The second-order valence-corrected chi connectivity index (χ2v) is 3.16.